The Kier molecular flexibility index (Phi) is 4.09. The first-order valence-corrected chi connectivity index (χ1v) is 11.5. The summed E-state index contributed by atoms with van der Waals surface area (Å²) < 4.78 is 0. The number of carbonyl (C=O) groups excluding carboxylic acids is 2. The van der Waals surface area contributed by atoms with Gasteiger partial charge in [0.2, 0.25) is 0 Å². The molecule has 154 valence electrons. The van der Waals surface area contributed by atoms with Crippen LogP contribution in [0.4, 0.5) is 0 Å². The maximum Gasteiger partial charge on any atom is 0.146 e. The minimum Gasteiger partial charge on any atom is -0.299 e. The minimum absolute atomic E-state index is 0.0896. The molecule has 5 fully saturated rings. The average Bonchev–Trinajstić information content (AvgIpc) is 3.42. The summed E-state index contributed by atoms with van der Waals surface area (Å²) >= 11 is 0. The molecule has 0 heterocycles. The molecule has 2 heteroatoms. The van der Waals surface area contributed by atoms with Crippen LogP contribution in [0, 0.1) is 51.8 Å². The Balaban J connectivity index is 1.71. The molecule has 0 aromatic heterocycles. The van der Waals surface area contributed by atoms with Crippen LogP contribution in [0.5, 0.6) is 0 Å². The zero-order valence-electron chi connectivity index (χ0n) is 17.6. The van der Waals surface area contributed by atoms with Gasteiger partial charge in [-0.1, -0.05) is 30.7 Å². The largest absolute Gasteiger partial charge is 0.299 e. The molecule has 5 rings (SSSR count). The van der Waals surface area contributed by atoms with Gasteiger partial charge in [-0.2, -0.15) is 0 Å². The molecule has 0 radical (unpaired) electrons. The van der Waals surface area contributed by atoms with E-state index in [0.717, 1.165) is 51.4 Å². The first kappa shape index (κ1) is 19.3. The minimum atomic E-state index is -0.344. The molecule has 7 atom stereocenters. The van der Waals surface area contributed by atoms with E-state index in [9.17, 15) is 9.59 Å². The molecular weight excluding hydrogens is 356 g/mol. The lowest BCUT2D eigenvalue weighted by molar-refractivity contribution is -0.139. The highest BCUT2D eigenvalue weighted by molar-refractivity contribution is 5.99. The van der Waals surface area contributed by atoms with Gasteiger partial charge in [-0.15, -0.1) is 26.3 Å². The van der Waals surface area contributed by atoms with Crippen LogP contribution in [-0.4, -0.2) is 11.6 Å². The molecule has 0 bridgehead atoms. The van der Waals surface area contributed by atoms with Crippen LogP contribution in [-0.2, 0) is 9.59 Å². The number of hydrogen-bond acceptors (Lipinski definition) is 2. The molecule has 5 aliphatic carbocycles. The van der Waals surface area contributed by atoms with Gasteiger partial charge in [-0.25, -0.2) is 0 Å². The lowest BCUT2D eigenvalue weighted by Gasteiger charge is -2.39. The third kappa shape index (κ3) is 1.86. The lowest BCUT2D eigenvalue weighted by atomic mass is 9.62. The van der Waals surface area contributed by atoms with Crippen molar-refractivity contribution in [1.29, 1.82) is 0 Å². The summed E-state index contributed by atoms with van der Waals surface area (Å²) in [7, 11) is 0. The van der Waals surface area contributed by atoms with Crippen LogP contribution < -0.4 is 0 Å². The van der Waals surface area contributed by atoms with E-state index >= 15 is 0 Å². The van der Waals surface area contributed by atoms with Gasteiger partial charge in [0.15, 0.2) is 0 Å². The van der Waals surface area contributed by atoms with Crippen molar-refractivity contribution in [3.8, 4) is 0 Å². The molecule has 0 aromatic carbocycles. The molecule has 5 aliphatic rings. The van der Waals surface area contributed by atoms with E-state index in [1.54, 1.807) is 0 Å². The molecule has 7 unspecified atom stereocenters. The number of hydrogen-bond donors (Lipinski definition) is 0. The second-order valence-electron chi connectivity index (χ2n) is 10.6. The van der Waals surface area contributed by atoms with Crippen LogP contribution in [0.15, 0.2) is 50.6 Å². The molecule has 2 nitrogen and oxygen atoms in total. The summed E-state index contributed by atoms with van der Waals surface area (Å²) in [6.07, 6.45) is 15.0. The molecule has 5 saturated carbocycles. The van der Waals surface area contributed by atoms with Gasteiger partial charge in [-0.3, -0.25) is 9.59 Å². The fourth-order valence-electron chi connectivity index (χ4n) is 9.80. The normalized spacial score (nSPS) is 44.6. The van der Waals surface area contributed by atoms with Crippen LogP contribution in [0.2, 0.25) is 0 Å². The average molecular weight is 391 g/mol. The SMILES string of the molecule is C=CCC1(CC=C)C(=O)C2C3C1CC1C3C3(CCCC23)C(=O)C1(CC=C)CC=C. The van der Waals surface area contributed by atoms with Crippen LogP contribution in [0.25, 0.3) is 0 Å². The van der Waals surface area contributed by atoms with Crippen molar-refractivity contribution in [2.75, 3.05) is 0 Å². The monoisotopic (exact) mass is 390 g/mol. The van der Waals surface area contributed by atoms with E-state index in [1.165, 1.54) is 0 Å². The van der Waals surface area contributed by atoms with Gasteiger partial charge < -0.3 is 0 Å². The van der Waals surface area contributed by atoms with E-state index in [2.05, 4.69) is 26.3 Å². The summed E-state index contributed by atoms with van der Waals surface area (Å²) in [5.74, 6) is 2.78. The maximum atomic E-state index is 14.2. The highest BCUT2D eigenvalue weighted by Gasteiger charge is 2.84. The molecule has 0 amide bonds. The molecule has 0 saturated heterocycles. The van der Waals surface area contributed by atoms with Crippen molar-refractivity contribution in [1.82, 2.24) is 0 Å². The Bertz CT molecular complexity index is 798. The highest BCUT2D eigenvalue weighted by atomic mass is 16.1. The van der Waals surface area contributed by atoms with Gasteiger partial charge >= 0.3 is 0 Å². The zero-order valence-corrected chi connectivity index (χ0v) is 17.6. The first-order chi connectivity index (χ1) is 14.0. The second-order valence-corrected chi connectivity index (χ2v) is 10.6. The summed E-state index contributed by atoms with van der Waals surface area (Å²) in [5.41, 5.74) is -0.927. The van der Waals surface area contributed by atoms with Crippen LogP contribution in [0.1, 0.15) is 51.4 Å². The third-order valence-electron chi connectivity index (χ3n) is 10.2. The number of rotatable bonds is 8. The van der Waals surface area contributed by atoms with Crippen molar-refractivity contribution in [2.45, 2.75) is 51.4 Å². The molecule has 0 N–H and O–H groups in total. The summed E-state index contributed by atoms with van der Waals surface area (Å²) in [6.45, 7) is 16.1. The van der Waals surface area contributed by atoms with Gasteiger partial charge in [0, 0.05) is 22.2 Å². The molecule has 29 heavy (non-hydrogen) atoms. The van der Waals surface area contributed by atoms with Crippen molar-refractivity contribution in [2.24, 2.45) is 51.8 Å². The van der Waals surface area contributed by atoms with Crippen molar-refractivity contribution in [3.05, 3.63) is 50.6 Å². The Hall–Kier alpha value is -1.70. The highest BCUT2D eigenvalue weighted by Crippen LogP contribution is 2.83. The second kappa shape index (κ2) is 6.15. The van der Waals surface area contributed by atoms with Crippen LogP contribution in [0.3, 0.4) is 0 Å². The van der Waals surface area contributed by atoms with E-state index in [-0.39, 0.29) is 28.1 Å². The lowest BCUT2D eigenvalue weighted by Crippen LogP contribution is -2.44. The van der Waals surface area contributed by atoms with E-state index in [0.29, 0.717) is 35.2 Å². The Morgan fingerprint density at radius 1 is 0.828 bits per heavy atom. The Labute approximate surface area is 175 Å². The topological polar surface area (TPSA) is 34.1 Å². The fraction of sp³-hybridized carbons (Fsp3) is 0.630. The maximum absolute atomic E-state index is 14.2. The first-order valence-electron chi connectivity index (χ1n) is 11.5. The summed E-state index contributed by atoms with van der Waals surface area (Å²) in [5, 5.41) is 0. The van der Waals surface area contributed by atoms with Gasteiger partial charge in [0.05, 0.1) is 0 Å². The third-order valence-corrected chi connectivity index (χ3v) is 10.2. The summed E-state index contributed by atoms with van der Waals surface area (Å²) in [6, 6.07) is 0. The van der Waals surface area contributed by atoms with Crippen molar-refractivity contribution >= 4 is 11.6 Å². The van der Waals surface area contributed by atoms with Crippen LogP contribution >= 0.6 is 0 Å². The van der Waals surface area contributed by atoms with Gasteiger partial charge in [0.25, 0.3) is 0 Å². The van der Waals surface area contributed by atoms with Gasteiger partial charge in [-0.05, 0) is 74.5 Å². The number of ketones is 2. The fourth-order valence-corrected chi connectivity index (χ4v) is 9.80. The Morgan fingerprint density at radius 3 is 2.00 bits per heavy atom. The van der Waals surface area contributed by atoms with Crippen molar-refractivity contribution in [3.63, 3.8) is 0 Å². The standard InChI is InChI=1S/C27H34O2/c1-5-11-25(12-6-2)18-16-19-22-20(18)21(23(25)28)17-10-9-15-27(17,22)24(29)26(19,13-7-3)14-8-4/h5-8,17-22H,1-4,9-16H2. The smallest absolute Gasteiger partial charge is 0.146 e. The predicted octanol–water partition coefficient (Wildman–Crippen LogP) is 5.71. The number of carbonyl (C=O) groups is 2. The number of fused-ring (bicyclic) bond motifs is 1. The zero-order chi connectivity index (χ0) is 20.6. The number of Topliss-reactive ketones (excluding diaryl/α,β-unsaturated/α-hetero) is 2. The number of allylic oxidation sites excluding steroid dienone is 4. The van der Waals surface area contributed by atoms with Crippen molar-refractivity contribution < 1.29 is 9.59 Å². The quantitative estimate of drug-likeness (QED) is 0.497. The molecule has 1 spiro atoms. The predicted molar refractivity (Wildman–Crippen MR) is 116 cm³/mol. The van der Waals surface area contributed by atoms with E-state index < -0.39 is 0 Å². The van der Waals surface area contributed by atoms with Gasteiger partial charge in [0.1, 0.15) is 11.6 Å². The Morgan fingerprint density at radius 2 is 1.41 bits per heavy atom. The summed E-state index contributed by atoms with van der Waals surface area (Å²) in [4.78, 5) is 28.2. The molecule has 0 aromatic rings. The molecular formula is C27H34O2. The van der Waals surface area contributed by atoms with E-state index in [4.69, 9.17) is 0 Å². The molecule has 0 aliphatic heterocycles. The van der Waals surface area contributed by atoms with E-state index in [1.807, 2.05) is 24.3 Å².